The number of carbonyl (C=O) groups is 1. The summed E-state index contributed by atoms with van der Waals surface area (Å²) in [5.74, 6) is -0.110. The predicted octanol–water partition coefficient (Wildman–Crippen LogP) is 1.90. The van der Waals surface area contributed by atoms with Crippen molar-refractivity contribution in [3.8, 4) is 11.4 Å². The molecule has 2 aliphatic heterocycles. The zero-order valence-electron chi connectivity index (χ0n) is 16.3. The van der Waals surface area contributed by atoms with Gasteiger partial charge in [-0.15, -0.1) is 0 Å². The molecule has 0 saturated carbocycles. The number of pyridine rings is 2. The third-order valence-corrected chi connectivity index (χ3v) is 4.63. The summed E-state index contributed by atoms with van der Waals surface area (Å²) in [6.45, 7) is 1.94. The minimum atomic E-state index is -0.671. The largest absolute Gasteiger partial charge is 0.352 e. The third kappa shape index (κ3) is 4.02. The monoisotopic (exact) mass is 401 g/mol. The van der Waals surface area contributed by atoms with E-state index in [-0.39, 0.29) is 30.4 Å². The van der Waals surface area contributed by atoms with Crippen LogP contribution in [0.3, 0.4) is 0 Å². The summed E-state index contributed by atoms with van der Waals surface area (Å²) in [5, 5.41) is 2.81. The molecule has 1 aromatic heterocycles. The molecule has 8 nitrogen and oxygen atoms in total. The molecule has 4 rings (SSSR count). The number of nitrogens with one attached hydrogen (secondary N) is 1. The highest BCUT2D eigenvalue weighted by Gasteiger charge is 2.18. The van der Waals surface area contributed by atoms with Gasteiger partial charge in [-0.1, -0.05) is 18.2 Å². The lowest BCUT2D eigenvalue weighted by Crippen LogP contribution is -2.38. The molecule has 3 heterocycles. The second-order valence-corrected chi connectivity index (χ2v) is 6.94. The highest BCUT2D eigenvalue weighted by molar-refractivity contribution is 5.90. The first-order valence-electron chi connectivity index (χ1n) is 9.37. The molecule has 1 amide bonds. The van der Waals surface area contributed by atoms with Gasteiger partial charge in [-0.25, -0.2) is 4.79 Å². The highest BCUT2D eigenvalue weighted by Crippen LogP contribution is 2.14. The number of benzene rings is 1. The summed E-state index contributed by atoms with van der Waals surface area (Å²) in [5.41, 5.74) is 1.57. The van der Waals surface area contributed by atoms with Gasteiger partial charge in [0.25, 0.3) is 5.56 Å². The van der Waals surface area contributed by atoms with Gasteiger partial charge in [-0.3, -0.25) is 19.1 Å². The summed E-state index contributed by atoms with van der Waals surface area (Å²) in [7, 11) is 0. The van der Waals surface area contributed by atoms with E-state index in [2.05, 4.69) is 15.3 Å². The van der Waals surface area contributed by atoms with Crippen molar-refractivity contribution < 1.29 is 4.79 Å². The number of fused-ring (bicyclic) bond motifs is 1. The second-order valence-electron chi connectivity index (χ2n) is 6.94. The van der Waals surface area contributed by atoms with Crippen molar-refractivity contribution >= 4 is 11.6 Å². The van der Waals surface area contributed by atoms with Crippen molar-refractivity contribution in [1.82, 2.24) is 19.1 Å². The summed E-state index contributed by atoms with van der Waals surface area (Å²) >= 11 is 0. The van der Waals surface area contributed by atoms with Crippen LogP contribution in [0.25, 0.3) is 11.4 Å². The van der Waals surface area contributed by atoms with Crippen LogP contribution in [0.15, 0.2) is 76.7 Å². The Bertz CT molecular complexity index is 1290. The maximum atomic E-state index is 12.9. The topological polar surface area (TPSA) is 98.9 Å². The maximum Gasteiger partial charge on any atom is 0.352 e. The van der Waals surface area contributed by atoms with Crippen LogP contribution >= 0.6 is 0 Å². The number of hydrogen-bond donors (Lipinski definition) is 1. The van der Waals surface area contributed by atoms with Gasteiger partial charge < -0.3 is 9.88 Å². The first-order chi connectivity index (χ1) is 14.5. The third-order valence-electron chi connectivity index (χ3n) is 4.63. The van der Waals surface area contributed by atoms with Crippen LogP contribution in [0.2, 0.25) is 0 Å². The molecule has 0 saturated heterocycles. The van der Waals surface area contributed by atoms with Gasteiger partial charge in [0.2, 0.25) is 5.91 Å². The Hall–Kier alpha value is -4.07. The number of aryl methyl sites for hydroxylation is 1. The summed E-state index contributed by atoms with van der Waals surface area (Å²) in [6.07, 6.45) is 4.83. The van der Waals surface area contributed by atoms with Crippen molar-refractivity contribution in [2.75, 3.05) is 5.32 Å². The molecular weight excluding hydrogens is 382 g/mol. The van der Waals surface area contributed by atoms with Crippen LogP contribution in [0.4, 0.5) is 5.69 Å². The fourth-order valence-electron chi connectivity index (χ4n) is 3.24. The zero-order valence-corrected chi connectivity index (χ0v) is 16.3. The Balaban J connectivity index is 1.64. The first-order valence-corrected chi connectivity index (χ1v) is 9.37. The van der Waals surface area contributed by atoms with Crippen molar-refractivity contribution in [3.05, 3.63) is 99.1 Å². The van der Waals surface area contributed by atoms with E-state index < -0.39 is 11.2 Å². The van der Waals surface area contributed by atoms with E-state index in [0.717, 1.165) is 15.7 Å². The van der Waals surface area contributed by atoms with Gasteiger partial charge >= 0.3 is 5.69 Å². The Labute approximate surface area is 171 Å². The van der Waals surface area contributed by atoms with Crippen molar-refractivity contribution in [1.29, 1.82) is 0 Å². The molecular formula is C22H19N5O3. The Morgan fingerprint density at radius 3 is 2.73 bits per heavy atom. The number of carbonyl (C=O) groups excluding carboxylic acids is 1. The summed E-state index contributed by atoms with van der Waals surface area (Å²) in [4.78, 5) is 46.0. The van der Waals surface area contributed by atoms with Gasteiger partial charge in [0.05, 0.1) is 12.1 Å². The molecule has 0 unspecified atom stereocenters. The molecule has 0 aliphatic carbocycles. The lowest BCUT2D eigenvalue weighted by molar-refractivity contribution is -0.116. The Morgan fingerprint density at radius 1 is 1.10 bits per heavy atom. The number of rotatable bonds is 5. The fraction of sp³-hybridized carbons (Fsp3) is 0.136. The quantitative estimate of drug-likeness (QED) is 0.551. The molecule has 0 bridgehead atoms. The van der Waals surface area contributed by atoms with Crippen LogP contribution in [0.5, 0.6) is 0 Å². The number of hydrogen-bond acceptors (Lipinski definition) is 5. The molecule has 0 atom stereocenters. The molecule has 0 radical (unpaired) electrons. The van der Waals surface area contributed by atoms with Crippen molar-refractivity contribution in [2.24, 2.45) is 0 Å². The van der Waals surface area contributed by atoms with Crippen LogP contribution in [0.1, 0.15) is 11.1 Å². The normalized spacial score (nSPS) is 10.8. The molecule has 1 aromatic carbocycles. The smallest absolute Gasteiger partial charge is 0.325 e. The van der Waals surface area contributed by atoms with E-state index in [1.807, 2.05) is 25.1 Å². The van der Waals surface area contributed by atoms with Gasteiger partial charge in [0, 0.05) is 24.3 Å². The average Bonchev–Trinajstić information content (AvgIpc) is 2.72. The molecule has 0 spiro atoms. The minimum absolute atomic E-state index is 0.0796. The number of amides is 1. The van der Waals surface area contributed by atoms with E-state index in [1.165, 1.54) is 4.57 Å². The van der Waals surface area contributed by atoms with E-state index in [4.69, 9.17) is 0 Å². The van der Waals surface area contributed by atoms with Gasteiger partial charge in [0.1, 0.15) is 6.54 Å². The van der Waals surface area contributed by atoms with Crippen LogP contribution in [-0.4, -0.2) is 25.0 Å². The van der Waals surface area contributed by atoms with Crippen LogP contribution in [-0.2, 0) is 17.9 Å². The average molecular weight is 401 g/mol. The van der Waals surface area contributed by atoms with E-state index in [0.29, 0.717) is 5.69 Å². The van der Waals surface area contributed by atoms with E-state index in [9.17, 15) is 14.4 Å². The standard InChI is InChI=1S/C22H19N5O3/c1-15-5-2-7-17(11-15)24-19(28)14-26-10-4-8-18-20(26)25-22(30)27(21(18)29)13-16-6-3-9-23-12-16/h2-12H,13-14H2,1H3,(H,24,28). The molecule has 1 N–H and O–H groups in total. The lowest BCUT2D eigenvalue weighted by atomic mass is 10.2. The first kappa shape index (κ1) is 19.3. The molecule has 8 heteroatoms. The molecule has 150 valence electrons. The summed E-state index contributed by atoms with van der Waals surface area (Å²) in [6, 6.07) is 14.2. The fourth-order valence-corrected chi connectivity index (χ4v) is 3.24. The molecule has 2 aliphatic rings. The zero-order chi connectivity index (χ0) is 21.1. The molecule has 0 fully saturated rings. The van der Waals surface area contributed by atoms with E-state index in [1.54, 1.807) is 48.9 Å². The van der Waals surface area contributed by atoms with Gasteiger partial charge in [-0.2, -0.15) is 4.98 Å². The SMILES string of the molecule is Cc1cccc(NC(=O)Cn2cccc3c(=O)n(Cc4cccnc4)c(=O)nc2-3)c1. The highest BCUT2D eigenvalue weighted by atomic mass is 16.2. The Kier molecular flexibility index (Phi) is 5.21. The molecule has 2 aromatic rings. The second kappa shape index (κ2) is 8.12. The minimum Gasteiger partial charge on any atom is -0.325 e. The van der Waals surface area contributed by atoms with Crippen LogP contribution in [0, 0.1) is 6.92 Å². The number of aromatic nitrogens is 4. The van der Waals surface area contributed by atoms with Crippen LogP contribution < -0.4 is 16.6 Å². The van der Waals surface area contributed by atoms with E-state index >= 15 is 0 Å². The Morgan fingerprint density at radius 2 is 1.97 bits per heavy atom. The van der Waals surface area contributed by atoms with Gasteiger partial charge in [-0.05, 0) is 48.4 Å². The predicted molar refractivity (Wildman–Crippen MR) is 113 cm³/mol. The maximum absolute atomic E-state index is 12.9. The summed E-state index contributed by atoms with van der Waals surface area (Å²) < 4.78 is 2.56. The number of nitrogens with zero attached hydrogens (tertiary/aromatic N) is 4. The van der Waals surface area contributed by atoms with Crippen molar-refractivity contribution in [2.45, 2.75) is 20.0 Å². The molecule has 30 heavy (non-hydrogen) atoms. The van der Waals surface area contributed by atoms with Crippen molar-refractivity contribution in [3.63, 3.8) is 0 Å². The van der Waals surface area contributed by atoms with Gasteiger partial charge in [0.15, 0.2) is 5.82 Å². The number of anilines is 1. The lowest BCUT2D eigenvalue weighted by Gasteiger charge is -2.15.